The zero-order valence-corrected chi connectivity index (χ0v) is 18.4. The number of aromatic nitrogens is 3. The van der Waals surface area contributed by atoms with Crippen LogP contribution in [0.2, 0.25) is 0 Å². The smallest absolute Gasteiger partial charge is 0.332 e. The maximum atomic E-state index is 12.9. The molecular weight excluding hydrogens is 380 g/mol. The highest BCUT2D eigenvalue weighted by Gasteiger charge is 2.32. The minimum absolute atomic E-state index is 0.140. The van der Waals surface area contributed by atoms with Crippen molar-refractivity contribution in [1.29, 1.82) is 0 Å². The van der Waals surface area contributed by atoms with E-state index in [0.717, 1.165) is 5.01 Å². The molecule has 0 bridgehead atoms. The van der Waals surface area contributed by atoms with Crippen LogP contribution in [0.5, 0.6) is 5.88 Å². The van der Waals surface area contributed by atoms with Crippen molar-refractivity contribution in [2.45, 2.75) is 59.4 Å². The van der Waals surface area contributed by atoms with Gasteiger partial charge in [0.15, 0.2) is 0 Å². The van der Waals surface area contributed by atoms with Gasteiger partial charge in [-0.05, 0) is 40.8 Å². The molecule has 2 aromatic heterocycles. The Kier molecular flexibility index (Phi) is 6.71. The molecule has 0 spiro atoms. The molecular formula is C19H30N4O4S. The largest absolute Gasteiger partial charge is 0.493 e. The molecule has 0 aliphatic rings. The summed E-state index contributed by atoms with van der Waals surface area (Å²) >= 11 is 1.51. The third kappa shape index (κ3) is 5.45. The Morgan fingerprint density at radius 2 is 2.00 bits per heavy atom. The number of ether oxygens (including phenoxy) is 1. The van der Waals surface area contributed by atoms with Crippen LogP contribution in [0.25, 0.3) is 0 Å². The van der Waals surface area contributed by atoms with Crippen LogP contribution in [0.3, 0.4) is 0 Å². The first-order chi connectivity index (χ1) is 12.9. The summed E-state index contributed by atoms with van der Waals surface area (Å²) in [6.07, 6.45) is 1.30. The number of rotatable bonds is 7. The summed E-state index contributed by atoms with van der Waals surface area (Å²) in [4.78, 5) is 32.1. The molecule has 9 heteroatoms. The monoisotopic (exact) mass is 410 g/mol. The van der Waals surface area contributed by atoms with Crippen molar-refractivity contribution in [3.8, 4) is 5.88 Å². The summed E-state index contributed by atoms with van der Waals surface area (Å²) < 4.78 is 7.94. The predicted octanol–water partition coefficient (Wildman–Crippen LogP) is 2.46. The van der Waals surface area contributed by atoms with E-state index in [9.17, 15) is 14.7 Å². The van der Waals surface area contributed by atoms with E-state index in [0.29, 0.717) is 12.2 Å². The standard InChI is InChI=1S/C19H30N4O4S/c1-12(2)16(17(25)27-19(3,4)5)23-10-15(24)22(18(23)26)8-13-11-28-14(20-13)9-21(6)7/h10-12,16,24H,8-9H2,1-7H3/t16-/m0/s1. The Balaban J connectivity index is 2.32. The van der Waals surface area contributed by atoms with Crippen molar-refractivity contribution in [3.05, 3.63) is 32.8 Å². The van der Waals surface area contributed by atoms with E-state index in [1.54, 1.807) is 20.8 Å². The number of nitrogens with zero attached hydrogens (tertiary/aromatic N) is 4. The van der Waals surface area contributed by atoms with Gasteiger partial charge in [-0.25, -0.2) is 14.6 Å². The van der Waals surface area contributed by atoms with E-state index in [1.165, 1.54) is 26.7 Å². The molecule has 0 radical (unpaired) electrons. The van der Waals surface area contributed by atoms with E-state index in [4.69, 9.17) is 4.74 Å². The zero-order chi connectivity index (χ0) is 21.2. The number of carbonyl (C=O) groups excluding carboxylic acids is 1. The van der Waals surface area contributed by atoms with E-state index in [-0.39, 0.29) is 18.3 Å². The summed E-state index contributed by atoms with van der Waals surface area (Å²) in [5, 5.41) is 13.1. The second kappa shape index (κ2) is 8.48. The van der Waals surface area contributed by atoms with Gasteiger partial charge in [0.1, 0.15) is 16.7 Å². The first-order valence-corrected chi connectivity index (χ1v) is 10.1. The molecule has 2 heterocycles. The molecule has 2 rings (SSSR count). The minimum atomic E-state index is -0.821. The fraction of sp³-hybridized carbons (Fsp3) is 0.632. The lowest BCUT2D eigenvalue weighted by atomic mass is 10.0. The first kappa shape index (κ1) is 22.2. The van der Waals surface area contributed by atoms with Crippen molar-refractivity contribution in [2.24, 2.45) is 5.92 Å². The lowest BCUT2D eigenvalue weighted by molar-refractivity contribution is -0.160. The van der Waals surface area contributed by atoms with Gasteiger partial charge in [-0.1, -0.05) is 13.8 Å². The Morgan fingerprint density at radius 1 is 1.36 bits per heavy atom. The average molecular weight is 411 g/mol. The van der Waals surface area contributed by atoms with E-state index in [2.05, 4.69) is 4.98 Å². The topological polar surface area (TPSA) is 89.6 Å². The van der Waals surface area contributed by atoms with Crippen LogP contribution in [0.1, 0.15) is 51.4 Å². The highest BCUT2D eigenvalue weighted by molar-refractivity contribution is 7.09. The minimum Gasteiger partial charge on any atom is -0.493 e. The van der Waals surface area contributed by atoms with Crippen LogP contribution in [-0.4, -0.2) is 49.8 Å². The van der Waals surface area contributed by atoms with Crippen molar-refractivity contribution >= 4 is 17.3 Å². The second-order valence-electron chi connectivity index (χ2n) is 8.46. The van der Waals surface area contributed by atoms with Gasteiger partial charge >= 0.3 is 11.7 Å². The first-order valence-electron chi connectivity index (χ1n) is 9.20. The van der Waals surface area contributed by atoms with Gasteiger partial charge in [-0.15, -0.1) is 11.3 Å². The molecule has 0 saturated carbocycles. The number of imidazole rings is 1. The molecule has 28 heavy (non-hydrogen) atoms. The Bertz CT molecular complexity index is 873. The number of thiazole rings is 1. The van der Waals surface area contributed by atoms with Crippen LogP contribution in [0, 0.1) is 5.92 Å². The molecule has 0 fully saturated rings. The van der Waals surface area contributed by atoms with Crippen LogP contribution < -0.4 is 5.69 Å². The second-order valence-corrected chi connectivity index (χ2v) is 9.40. The highest BCUT2D eigenvalue weighted by atomic mass is 32.1. The third-order valence-electron chi connectivity index (χ3n) is 3.93. The summed E-state index contributed by atoms with van der Waals surface area (Å²) in [5.41, 5.74) is -0.443. The van der Waals surface area contributed by atoms with Crippen molar-refractivity contribution < 1.29 is 14.6 Å². The summed E-state index contributed by atoms with van der Waals surface area (Å²) in [5.74, 6) is -0.890. The van der Waals surface area contributed by atoms with Gasteiger partial charge in [-0.2, -0.15) is 0 Å². The molecule has 0 unspecified atom stereocenters. The maximum Gasteiger partial charge on any atom is 0.332 e. The van der Waals surface area contributed by atoms with Gasteiger partial charge in [0.2, 0.25) is 5.88 Å². The van der Waals surface area contributed by atoms with Crippen LogP contribution in [0.15, 0.2) is 16.4 Å². The lowest BCUT2D eigenvalue weighted by Gasteiger charge is -2.26. The Labute approximate surface area is 169 Å². The predicted molar refractivity (Wildman–Crippen MR) is 109 cm³/mol. The lowest BCUT2D eigenvalue weighted by Crippen LogP contribution is -2.38. The molecule has 0 aliphatic heterocycles. The van der Waals surface area contributed by atoms with Crippen molar-refractivity contribution in [1.82, 2.24) is 19.0 Å². The molecule has 0 aromatic carbocycles. The number of hydrogen-bond donors (Lipinski definition) is 1. The van der Waals surface area contributed by atoms with E-state index >= 15 is 0 Å². The Hall–Kier alpha value is -2.13. The van der Waals surface area contributed by atoms with E-state index in [1.807, 2.05) is 38.2 Å². The highest BCUT2D eigenvalue weighted by Crippen LogP contribution is 2.24. The van der Waals surface area contributed by atoms with Crippen LogP contribution in [-0.2, 0) is 22.6 Å². The molecule has 0 aliphatic carbocycles. The molecule has 2 aromatic rings. The Morgan fingerprint density at radius 3 is 2.54 bits per heavy atom. The quantitative estimate of drug-likeness (QED) is 0.706. The SMILES string of the molecule is CC(C)[C@@H](C(=O)OC(C)(C)C)n1cc(O)n(Cc2csc(CN(C)C)n2)c1=O. The van der Waals surface area contributed by atoms with E-state index < -0.39 is 23.3 Å². The van der Waals surface area contributed by atoms with Gasteiger partial charge in [-0.3, -0.25) is 9.13 Å². The molecule has 156 valence electrons. The molecule has 0 saturated heterocycles. The molecule has 0 amide bonds. The van der Waals surface area contributed by atoms with Crippen molar-refractivity contribution in [3.63, 3.8) is 0 Å². The van der Waals surface area contributed by atoms with Gasteiger partial charge < -0.3 is 14.7 Å². The zero-order valence-electron chi connectivity index (χ0n) is 17.6. The normalized spacial score (nSPS) is 13.3. The fourth-order valence-electron chi connectivity index (χ4n) is 2.83. The number of carbonyl (C=O) groups is 1. The van der Waals surface area contributed by atoms with Crippen LogP contribution in [0.4, 0.5) is 0 Å². The van der Waals surface area contributed by atoms with Gasteiger partial charge in [0, 0.05) is 11.9 Å². The molecule has 8 nitrogen and oxygen atoms in total. The summed E-state index contributed by atoms with van der Waals surface area (Å²) in [6.45, 7) is 9.86. The van der Waals surface area contributed by atoms with Crippen molar-refractivity contribution in [2.75, 3.05) is 14.1 Å². The average Bonchev–Trinajstić information content (AvgIpc) is 3.05. The van der Waals surface area contributed by atoms with Gasteiger partial charge in [0.25, 0.3) is 0 Å². The summed E-state index contributed by atoms with van der Waals surface area (Å²) in [6, 6.07) is -0.821. The maximum absolute atomic E-state index is 12.9. The fourth-order valence-corrected chi connectivity index (χ4v) is 3.73. The molecule has 1 N–H and O–H groups in total. The number of hydrogen-bond acceptors (Lipinski definition) is 7. The third-order valence-corrected chi connectivity index (χ3v) is 4.82. The number of esters is 1. The molecule has 1 atom stereocenters. The summed E-state index contributed by atoms with van der Waals surface area (Å²) in [7, 11) is 3.92. The van der Waals surface area contributed by atoms with Gasteiger partial charge in [0.05, 0.1) is 18.4 Å². The van der Waals surface area contributed by atoms with Crippen LogP contribution >= 0.6 is 11.3 Å². The number of aromatic hydroxyl groups is 1.